The van der Waals surface area contributed by atoms with Gasteiger partial charge in [0.05, 0.1) is 0 Å². The van der Waals surface area contributed by atoms with Gasteiger partial charge in [0.2, 0.25) is 0 Å². The molecule has 2 fully saturated rings. The summed E-state index contributed by atoms with van der Waals surface area (Å²) in [5.74, 6) is 1.93. The van der Waals surface area contributed by atoms with Gasteiger partial charge in [-0.15, -0.1) is 0 Å². The van der Waals surface area contributed by atoms with Gasteiger partial charge in [-0.2, -0.15) is 0 Å². The summed E-state index contributed by atoms with van der Waals surface area (Å²) < 4.78 is 0. The van der Waals surface area contributed by atoms with Gasteiger partial charge in [-0.3, -0.25) is 4.79 Å². The largest absolute Gasteiger partial charge is 0.295 e. The molecule has 3 aliphatic carbocycles. The zero-order valence-electron chi connectivity index (χ0n) is 12.1. The quantitative estimate of drug-likeness (QED) is 0.614. The van der Waals surface area contributed by atoms with E-state index < -0.39 is 0 Å². The van der Waals surface area contributed by atoms with Crippen LogP contribution in [0.25, 0.3) is 0 Å². The highest BCUT2D eigenvalue weighted by Gasteiger charge is 2.53. The minimum absolute atomic E-state index is 0.373. The average Bonchev–Trinajstić information content (AvgIpc) is 2.27. The Morgan fingerprint density at radius 3 is 2.67 bits per heavy atom. The third-order valence-corrected chi connectivity index (χ3v) is 6.27. The first-order chi connectivity index (χ1) is 8.43. The van der Waals surface area contributed by atoms with Crippen molar-refractivity contribution in [2.45, 2.75) is 65.7 Å². The molecule has 0 amide bonds. The lowest BCUT2D eigenvalue weighted by atomic mass is 9.46. The first-order valence-corrected chi connectivity index (χ1v) is 7.67. The Morgan fingerprint density at radius 1 is 1.11 bits per heavy atom. The molecule has 3 aliphatic rings. The van der Waals surface area contributed by atoms with E-state index in [1.807, 2.05) is 6.08 Å². The Hall–Kier alpha value is -0.590. The number of hydrogen-bond donors (Lipinski definition) is 0. The molecule has 1 nitrogen and oxygen atoms in total. The fraction of sp³-hybridized carbons (Fsp3) is 0.824. The smallest absolute Gasteiger partial charge is 0.155 e. The lowest BCUT2D eigenvalue weighted by molar-refractivity contribution is -0.117. The zero-order valence-corrected chi connectivity index (χ0v) is 12.1. The fourth-order valence-electron chi connectivity index (χ4n) is 5.47. The summed E-state index contributed by atoms with van der Waals surface area (Å²) in [7, 11) is 0. The van der Waals surface area contributed by atoms with Gasteiger partial charge in [0.25, 0.3) is 0 Å². The lowest BCUT2D eigenvalue weighted by Gasteiger charge is -2.58. The number of carbonyl (C=O) groups excluding carboxylic acids is 1. The third-order valence-electron chi connectivity index (χ3n) is 6.27. The van der Waals surface area contributed by atoms with Crippen LogP contribution in [-0.4, -0.2) is 5.78 Å². The van der Waals surface area contributed by atoms with Crippen LogP contribution in [0.5, 0.6) is 0 Å². The van der Waals surface area contributed by atoms with Crippen molar-refractivity contribution in [1.82, 2.24) is 0 Å². The molecule has 0 heterocycles. The predicted molar refractivity (Wildman–Crippen MR) is 74.3 cm³/mol. The van der Waals surface area contributed by atoms with Crippen LogP contribution in [0.3, 0.4) is 0 Å². The van der Waals surface area contributed by atoms with Gasteiger partial charge in [-0.05, 0) is 60.8 Å². The second-order valence-corrected chi connectivity index (χ2v) is 7.72. The van der Waals surface area contributed by atoms with Gasteiger partial charge in [-0.1, -0.05) is 32.8 Å². The second kappa shape index (κ2) is 3.95. The van der Waals surface area contributed by atoms with Gasteiger partial charge in [0.15, 0.2) is 5.78 Å². The first-order valence-electron chi connectivity index (χ1n) is 7.67. The molecule has 100 valence electrons. The zero-order chi connectivity index (χ0) is 13.0. The van der Waals surface area contributed by atoms with Crippen LogP contribution < -0.4 is 0 Å². The Kier molecular flexibility index (Phi) is 2.73. The summed E-state index contributed by atoms with van der Waals surface area (Å²) in [6.45, 7) is 7.46. The normalized spacial score (nSPS) is 42.8. The molecule has 2 saturated carbocycles. The fourth-order valence-corrected chi connectivity index (χ4v) is 5.47. The van der Waals surface area contributed by atoms with Crippen molar-refractivity contribution in [2.24, 2.45) is 22.7 Å². The minimum Gasteiger partial charge on any atom is -0.295 e. The van der Waals surface area contributed by atoms with E-state index in [0.29, 0.717) is 22.5 Å². The highest BCUT2D eigenvalue weighted by Crippen LogP contribution is 2.62. The van der Waals surface area contributed by atoms with E-state index in [4.69, 9.17) is 0 Å². The monoisotopic (exact) mass is 246 g/mol. The van der Waals surface area contributed by atoms with E-state index >= 15 is 0 Å². The maximum absolute atomic E-state index is 11.6. The summed E-state index contributed by atoms with van der Waals surface area (Å²) in [5, 5.41) is 0. The van der Waals surface area contributed by atoms with E-state index in [2.05, 4.69) is 20.8 Å². The predicted octanol–water partition coefficient (Wildman–Crippen LogP) is 4.52. The van der Waals surface area contributed by atoms with Gasteiger partial charge in [-0.25, -0.2) is 0 Å². The summed E-state index contributed by atoms with van der Waals surface area (Å²) in [5.41, 5.74) is 2.45. The molecular formula is C17H26O. The molecule has 0 saturated heterocycles. The molecule has 1 heteroatoms. The molecule has 0 spiro atoms. The van der Waals surface area contributed by atoms with E-state index in [1.165, 1.54) is 37.7 Å². The number of rotatable bonds is 0. The van der Waals surface area contributed by atoms with Crippen molar-refractivity contribution in [2.75, 3.05) is 0 Å². The van der Waals surface area contributed by atoms with Crippen molar-refractivity contribution in [1.29, 1.82) is 0 Å². The number of fused-ring (bicyclic) bond motifs is 3. The molecule has 0 bridgehead atoms. The molecule has 18 heavy (non-hydrogen) atoms. The number of ketones is 1. The van der Waals surface area contributed by atoms with E-state index in [9.17, 15) is 4.79 Å². The molecule has 0 aliphatic heterocycles. The van der Waals surface area contributed by atoms with Gasteiger partial charge in [0.1, 0.15) is 0 Å². The van der Waals surface area contributed by atoms with Crippen molar-refractivity contribution < 1.29 is 4.79 Å². The van der Waals surface area contributed by atoms with Crippen molar-refractivity contribution in [3.05, 3.63) is 11.6 Å². The molecule has 0 radical (unpaired) electrons. The first kappa shape index (κ1) is 12.4. The van der Waals surface area contributed by atoms with E-state index in [0.717, 1.165) is 18.8 Å². The molecule has 0 unspecified atom stereocenters. The molecule has 3 atom stereocenters. The minimum atomic E-state index is 0.373. The molecule has 0 aromatic carbocycles. The summed E-state index contributed by atoms with van der Waals surface area (Å²) in [4.78, 5) is 11.6. The van der Waals surface area contributed by atoms with Crippen molar-refractivity contribution in [3.8, 4) is 0 Å². The van der Waals surface area contributed by atoms with Crippen molar-refractivity contribution >= 4 is 5.78 Å². The second-order valence-electron chi connectivity index (χ2n) is 7.72. The highest BCUT2D eigenvalue weighted by molar-refractivity contribution is 5.91. The number of hydrogen-bond acceptors (Lipinski definition) is 1. The molecule has 0 aromatic heterocycles. The Balaban J connectivity index is 1.98. The van der Waals surface area contributed by atoms with Gasteiger partial charge < -0.3 is 0 Å². The topological polar surface area (TPSA) is 17.1 Å². The average molecular weight is 246 g/mol. The van der Waals surface area contributed by atoms with Crippen LogP contribution >= 0.6 is 0 Å². The van der Waals surface area contributed by atoms with E-state index in [-0.39, 0.29) is 0 Å². The van der Waals surface area contributed by atoms with Crippen LogP contribution in [-0.2, 0) is 4.79 Å². The summed E-state index contributed by atoms with van der Waals surface area (Å²) in [6, 6.07) is 0. The van der Waals surface area contributed by atoms with Crippen LogP contribution in [0.1, 0.15) is 65.7 Å². The summed E-state index contributed by atoms with van der Waals surface area (Å²) in [6.07, 6.45) is 10.5. The van der Waals surface area contributed by atoms with E-state index in [1.54, 1.807) is 0 Å². The number of carbonyl (C=O) groups is 1. The van der Waals surface area contributed by atoms with Crippen LogP contribution in [0.4, 0.5) is 0 Å². The van der Waals surface area contributed by atoms with Crippen LogP contribution in [0, 0.1) is 22.7 Å². The van der Waals surface area contributed by atoms with Gasteiger partial charge >= 0.3 is 0 Å². The Labute approximate surface area is 111 Å². The van der Waals surface area contributed by atoms with Crippen LogP contribution in [0.2, 0.25) is 0 Å². The summed E-state index contributed by atoms with van der Waals surface area (Å²) >= 11 is 0. The SMILES string of the molecule is CC1(C)CCC[C@@]2(C)[C@@H]3CCC(=O)C=C3CC[C@H]12. The third kappa shape index (κ3) is 1.70. The molecule has 3 rings (SSSR count). The Morgan fingerprint density at radius 2 is 1.89 bits per heavy atom. The standard InChI is InChI=1S/C17H26O/c1-16(2)9-4-10-17(3)14-7-6-13(18)11-12(14)5-8-15(16)17/h11,14-15H,4-10H2,1-3H3/t14-,15-,17+/m1/s1. The van der Waals surface area contributed by atoms with Crippen molar-refractivity contribution in [3.63, 3.8) is 0 Å². The highest BCUT2D eigenvalue weighted by atomic mass is 16.1. The van der Waals surface area contributed by atoms with Crippen LogP contribution in [0.15, 0.2) is 11.6 Å². The molecule has 0 N–H and O–H groups in total. The lowest BCUT2D eigenvalue weighted by Crippen LogP contribution is -2.50. The maximum Gasteiger partial charge on any atom is 0.155 e. The maximum atomic E-state index is 11.6. The van der Waals surface area contributed by atoms with Gasteiger partial charge in [0, 0.05) is 6.42 Å². The molecular weight excluding hydrogens is 220 g/mol. The molecule has 0 aromatic rings. The number of allylic oxidation sites excluding steroid dienone is 2. The Bertz CT molecular complexity index is 404.